The summed E-state index contributed by atoms with van der Waals surface area (Å²) < 4.78 is 2.12. The van der Waals surface area contributed by atoms with Crippen LogP contribution in [0.1, 0.15) is 16.7 Å². The van der Waals surface area contributed by atoms with Gasteiger partial charge in [-0.2, -0.15) is 0 Å². The molecule has 120 valence electrons. The molecule has 23 heavy (non-hydrogen) atoms. The molecule has 0 unspecified atom stereocenters. The number of benzene rings is 2. The number of nitrogens with zero attached hydrogens (tertiary/aromatic N) is 1. The van der Waals surface area contributed by atoms with Gasteiger partial charge in [-0.3, -0.25) is 0 Å². The maximum Gasteiger partial charge on any atom is 0.107 e. The van der Waals surface area contributed by atoms with E-state index in [0.717, 1.165) is 17.5 Å². The van der Waals surface area contributed by atoms with Crippen molar-refractivity contribution in [1.29, 1.82) is 0 Å². The molecule has 0 radical (unpaired) electrons. The molecule has 5 heteroatoms. The summed E-state index contributed by atoms with van der Waals surface area (Å²) in [6.45, 7) is 0.419. The summed E-state index contributed by atoms with van der Waals surface area (Å²) in [5, 5.41) is 2.53. The van der Waals surface area contributed by atoms with E-state index in [2.05, 4.69) is 27.8 Å². The Morgan fingerprint density at radius 3 is 2.61 bits per heavy atom. The highest BCUT2D eigenvalue weighted by molar-refractivity contribution is 6.35. The van der Waals surface area contributed by atoms with E-state index in [9.17, 15) is 0 Å². The van der Waals surface area contributed by atoms with E-state index in [-0.39, 0.29) is 0 Å². The first kappa shape index (κ1) is 16.3. The van der Waals surface area contributed by atoms with Crippen LogP contribution in [-0.2, 0) is 29.9 Å². The van der Waals surface area contributed by atoms with Crippen LogP contribution in [0.4, 0.5) is 0 Å². The van der Waals surface area contributed by atoms with Crippen molar-refractivity contribution in [3.05, 3.63) is 69.3 Å². The lowest BCUT2D eigenvalue weighted by Crippen LogP contribution is -1.92. The molecule has 3 nitrogen and oxygen atoms in total. The van der Waals surface area contributed by atoms with Crippen LogP contribution in [0.3, 0.4) is 0 Å². The number of fused-ring (bicyclic) bond motifs is 1. The molecule has 3 rings (SSSR count). The summed E-state index contributed by atoms with van der Waals surface area (Å²) in [5.41, 5.74) is 4.51. The molecule has 0 bridgehead atoms. The second-order valence-electron chi connectivity index (χ2n) is 5.46. The molecular formula is C18H17Cl2NO2. The molecule has 2 aromatic carbocycles. The number of aromatic nitrogens is 1. The molecule has 0 saturated carbocycles. The van der Waals surface area contributed by atoms with Gasteiger partial charge in [0.05, 0.1) is 7.11 Å². The van der Waals surface area contributed by atoms with Gasteiger partial charge in [-0.15, -0.1) is 0 Å². The van der Waals surface area contributed by atoms with E-state index < -0.39 is 0 Å². The maximum atomic E-state index is 6.31. The topological polar surface area (TPSA) is 23.4 Å². The number of hydrogen-bond donors (Lipinski definition) is 0. The minimum atomic E-state index is 0.419. The summed E-state index contributed by atoms with van der Waals surface area (Å²) in [7, 11) is 3.55. The van der Waals surface area contributed by atoms with Crippen molar-refractivity contribution >= 4 is 34.1 Å². The Labute approximate surface area is 145 Å². The SMILES string of the molecule is COOCc1ccc2c(c1)c(Cc1ccc(Cl)cc1Cl)cn2C. The van der Waals surface area contributed by atoms with Gasteiger partial charge in [0.1, 0.15) is 6.61 Å². The van der Waals surface area contributed by atoms with Crippen LogP contribution in [0.2, 0.25) is 10.0 Å². The molecule has 0 N–H and O–H groups in total. The molecule has 1 heterocycles. The van der Waals surface area contributed by atoms with Crippen molar-refractivity contribution in [3.63, 3.8) is 0 Å². The van der Waals surface area contributed by atoms with Gasteiger partial charge < -0.3 is 4.57 Å². The molecule has 0 aliphatic rings. The van der Waals surface area contributed by atoms with Gasteiger partial charge in [-0.1, -0.05) is 35.3 Å². The fourth-order valence-electron chi connectivity index (χ4n) is 2.75. The zero-order chi connectivity index (χ0) is 16.4. The van der Waals surface area contributed by atoms with E-state index in [1.165, 1.54) is 23.6 Å². The van der Waals surface area contributed by atoms with Gasteiger partial charge in [0.2, 0.25) is 0 Å². The molecule has 0 aliphatic heterocycles. The summed E-state index contributed by atoms with van der Waals surface area (Å²) >= 11 is 12.3. The number of rotatable bonds is 5. The third kappa shape index (κ3) is 3.54. The number of aryl methyl sites for hydroxylation is 1. The highest BCUT2D eigenvalue weighted by Gasteiger charge is 2.10. The summed E-state index contributed by atoms with van der Waals surface area (Å²) in [5.74, 6) is 0. The van der Waals surface area contributed by atoms with Gasteiger partial charge in [0.25, 0.3) is 0 Å². The Morgan fingerprint density at radius 1 is 1.04 bits per heavy atom. The van der Waals surface area contributed by atoms with Gasteiger partial charge >= 0.3 is 0 Å². The van der Waals surface area contributed by atoms with Crippen LogP contribution in [0.15, 0.2) is 42.6 Å². The quantitative estimate of drug-likeness (QED) is 0.469. The molecule has 3 aromatic rings. The Kier molecular flexibility index (Phi) is 4.93. The first-order valence-electron chi connectivity index (χ1n) is 7.25. The van der Waals surface area contributed by atoms with Gasteiger partial charge in [0.15, 0.2) is 0 Å². The normalized spacial score (nSPS) is 11.3. The van der Waals surface area contributed by atoms with Crippen molar-refractivity contribution in [2.24, 2.45) is 7.05 Å². The van der Waals surface area contributed by atoms with E-state index in [0.29, 0.717) is 16.7 Å². The van der Waals surface area contributed by atoms with Crippen LogP contribution in [0.25, 0.3) is 10.9 Å². The van der Waals surface area contributed by atoms with Crippen LogP contribution in [-0.4, -0.2) is 11.7 Å². The second-order valence-corrected chi connectivity index (χ2v) is 6.30. The van der Waals surface area contributed by atoms with Crippen molar-refractivity contribution in [3.8, 4) is 0 Å². The summed E-state index contributed by atoms with van der Waals surface area (Å²) in [4.78, 5) is 9.70. The van der Waals surface area contributed by atoms with E-state index in [1.54, 1.807) is 6.07 Å². The predicted octanol–water partition coefficient (Wildman–Crippen LogP) is 5.15. The number of hydrogen-bond acceptors (Lipinski definition) is 2. The van der Waals surface area contributed by atoms with Gasteiger partial charge in [-0.05, 0) is 41.0 Å². The highest BCUT2D eigenvalue weighted by Crippen LogP contribution is 2.28. The Balaban J connectivity index is 1.99. The van der Waals surface area contributed by atoms with Crippen molar-refractivity contribution in [2.45, 2.75) is 13.0 Å². The van der Waals surface area contributed by atoms with Crippen molar-refractivity contribution in [1.82, 2.24) is 4.57 Å². The molecule has 0 spiro atoms. The monoisotopic (exact) mass is 349 g/mol. The Hall–Kier alpha value is -1.52. The second kappa shape index (κ2) is 6.93. The molecule has 0 saturated heterocycles. The van der Waals surface area contributed by atoms with Crippen LogP contribution < -0.4 is 0 Å². The minimum Gasteiger partial charge on any atom is -0.350 e. The van der Waals surface area contributed by atoms with Gasteiger partial charge in [0, 0.05) is 40.6 Å². The molecule has 0 fully saturated rings. The van der Waals surface area contributed by atoms with Crippen LogP contribution in [0, 0.1) is 0 Å². The number of halogens is 2. The van der Waals surface area contributed by atoms with Gasteiger partial charge in [-0.25, -0.2) is 9.78 Å². The lowest BCUT2D eigenvalue weighted by molar-refractivity contribution is -0.282. The van der Waals surface area contributed by atoms with Crippen molar-refractivity contribution in [2.75, 3.05) is 7.11 Å². The molecule has 0 amide bonds. The first-order valence-corrected chi connectivity index (χ1v) is 8.00. The summed E-state index contributed by atoms with van der Waals surface area (Å²) in [6.07, 6.45) is 2.89. The molecular weight excluding hydrogens is 333 g/mol. The zero-order valence-electron chi connectivity index (χ0n) is 13.0. The average Bonchev–Trinajstić information content (AvgIpc) is 2.84. The van der Waals surface area contributed by atoms with Crippen LogP contribution in [0.5, 0.6) is 0 Å². The third-order valence-corrected chi connectivity index (χ3v) is 4.46. The zero-order valence-corrected chi connectivity index (χ0v) is 14.5. The summed E-state index contributed by atoms with van der Waals surface area (Å²) in [6, 6.07) is 11.9. The largest absolute Gasteiger partial charge is 0.350 e. The van der Waals surface area contributed by atoms with E-state index in [1.807, 2.05) is 25.2 Å². The third-order valence-electron chi connectivity index (χ3n) is 3.88. The lowest BCUT2D eigenvalue weighted by Gasteiger charge is -2.05. The maximum absolute atomic E-state index is 6.31. The fourth-order valence-corrected chi connectivity index (χ4v) is 3.22. The molecule has 1 aromatic heterocycles. The Bertz CT molecular complexity index is 842. The molecule has 0 aliphatic carbocycles. The highest BCUT2D eigenvalue weighted by atomic mass is 35.5. The lowest BCUT2D eigenvalue weighted by atomic mass is 10.0. The Morgan fingerprint density at radius 2 is 1.87 bits per heavy atom. The molecule has 0 atom stereocenters. The van der Waals surface area contributed by atoms with E-state index in [4.69, 9.17) is 28.1 Å². The van der Waals surface area contributed by atoms with E-state index >= 15 is 0 Å². The van der Waals surface area contributed by atoms with Crippen LogP contribution >= 0.6 is 23.2 Å². The predicted molar refractivity (Wildman–Crippen MR) is 94.0 cm³/mol. The first-order chi connectivity index (χ1) is 11.1. The average molecular weight is 350 g/mol. The van der Waals surface area contributed by atoms with Crippen molar-refractivity contribution < 1.29 is 9.78 Å². The standard InChI is InChI=1S/C18H17Cl2NO2/c1-21-10-14(8-13-4-5-15(19)9-17(13)20)16-7-12(11-23-22-2)3-6-18(16)21/h3-7,9-10H,8,11H2,1-2H3. The fraction of sp³-hybridized carbons (Fsp3) is 0.222. The minimum absolute atomic E-state index is 0.419. The smallest absolute Gasteiger partial charge is 0.107 e.